The smallest absolute Gasteiger partial charge is 0.411 e. The van der Waals surface area contributed by atoms with Gasteiger partial charge >= 0.3 is 12.1 Å². The molecule has 1 aliphatic heterocycles. The predicted molar refractivity (Wildman–Crippen MR) is 93.2 cm³/mol. The summed E-state index contributed by atoms with van der Waals surface area (Å²) in [6, 6.07) is 7.53. The summed E-state index contributed by atoms with van der Waals surface area (Å²) in [6.07, 6.45) is -1.12. The molecule has 0 fully saturated rings. The average Bonchev–Trinajstić information content (AvgIpc) is 3.16. The van der Waals surface area contributed by atoms with Crippen LogP contribution >= 0.6 is 22.9 Å². The van der Waals surface area contributed by atoms with Crippen LogP contribution in [0.5, 0.6) is 0 Å². The van der Waals surface area contributed by atoms with Crippen molar-refractivity contribution in [2.45, 2.75) is 5.92 Å². The van der Waals surface area contributed by atoms with E-state index in [1.165, 1.54) is 18.2 Å². The Kier molecular flexibility index (Phi) is 4.65. The maximum atomic E-state index is 12.1. The van der Waals surface area contributed by atoms with E-state index in [4.69, 9.17) is 16.7 Å². The summed E-state index contributed by atoms with van der Waals surface area (Å²) in [5.41, 5.74) is 1.11. The third-order valence-electron chi connectivity index (χ3n) is 3.94. The Bertz CT molecular complexity index is 866. The van der Waals surface area contributed by atoms with Gasteiger partial charge in [0.2, 0.25) is 0 Å². The van der Waals surface area contributed by atoms with E-state index in [0.717, 1.165) is 16.2 Å². The molecule has 3 rings (SSSR count). The van der Waals surface area contributed by atoms with Crippen LogP contribution in [-0.2, 0) is 0 Å². The number of thiophene rings is 1. The van der Waals surface area contributed by atoms with Gasteiger partial charge in [0.25, 0.3) is 5.91 Å². The molecular weight excluding hydrogens is 368 g/mol. The normalized spacial score (nSPS) is 15.7. The zero-order valence-corrected chi connectivity index (χ0v) is 14.3. The standard InChI is InChI=1S/C16H13ClN2O5S/c17-13-4-3-12(25-13)14(20)18-6-9-7-19(16(23)24)11-2-1-8(15(21)22)5-10(9)11/h1-5,9H,6-7H2,(H,18,20)(H,21,22)(H,23,24). The van der Waals surface area contributed by atoms with Crippen molar-refractivity contribution in [3.8, 4) is 0 Å². The van der Waals surface area contributed by atoms with Crippen molar-refractivity contribution < 1.29 is 24.6 Å². The van der Waals surface area contributed by atoms with Gasteiger partial charge in [-0.25, -0.2) is 9.59 Å². The van der Waals surface area contributed by atoms with Crippen molar-refractivity contribution in [3.05, 3.63) is 50.7 Å². The van der Waals surface area contributed by atoms with Crippen LogP contribution in [0.4, 0.5) is 10.5 Å². The van der Waals surface area contributed by atoms with Gasteiger partial charge in [0, 0.05) is 19.0 Å². The Morgan fingerprint density at radius 3 is 2.60 bits per heavy atom. The van der Waals surface area contributed by atoms with Crippen LogP contribution < -0.4 is 10.2 Å². The molecule has 0 saturated carbocycles. The molecule has 0 saturated heterocycles. The Morgan fingerprint density at radius 2 is 2.00 bits per heavy atom. The number of hydrogen-bond acceptors (Lipinski definition) is 4. The second kappa shape index (κ2) is 6.73. The van der Waals surface area contributed by atoms with Crippen LogP contribution in [0.1, 0.15) is 31.5 Å². The minimum atomic E-state index is -1.12. The Morgan fingerprint density at radius 1 is 1.24 bits per heavy atom. The molecule has 2 aromatic rings. The summed E-state index contributed by atoms with van der Waals surface area (Å²) in [7, 11) is 0. The topological polar surface area (TPSA) is 107 Å². The lowest BCUT2D eigenvalue weighted by molar-refractivity contribution is 0.0696. The molecule has 1 unspecified atom stereocenters. The summed E-state index contributed by atoms with van der Waals surface area (Å²) in [5.74, 6) is -1.72. The molecule has 2 heterocycles. The highest BCUT2D eigenvalue weighted by Crippen LogP contribution is 2.36. The maximum absolute atomic E-state index is 12.1. The minimum Gasteiger partial charge on any atom is -0.478 e. The van der Waals surface area contributed by atoms with Crippen molar-refractivity contribution in [3.63, 3.8) is 0 Å². The first-order chi connectivity index (χ1) is 11.9. The lowest BCUT2D eigenvalue weighted by atomic mass is 9.99. The second-order valence-corrected chi connectivity index (χ2v) is 7.20. The van der Waals surface area contributed by atoms with Crippen LogP contribution in [0.15, 0.2) is 30.3 Å². The predicted octanol–water partition coefficient (Wildman–Crippen LogP) is 3.11. The molecule has 9 heteroatoms. The Labute approximate surface area is 151 Å². The number of nitrogens with one attached hydrogen (secondary N) is 1. The molecule has 1 aromatic carbocycles. The van der Waals surface area contributed by atoms with Gasteiger partial charge in [-0.15, -0.1) is 11.3 Å². The van der Waals surface area contributed by atoms with Crippen LogP contribution in [0, 0.1) is 0 Å². The van der Waals surface area contributed by atoms with Crippen molar-refractivity contribution in [2.75, 3.05) is 18.0 Å². The van der Waals surface area contributed by atoms with Gasteiger partial charge in [-0.05, 0) is 35.9 Å². The fourth-order valence-electron chi connectivity index (χ4n) is 2.77. The zero-order chi connectivity index (χ0) is 18.1. The highest BCUT2D eigenvalue weighted by molar-refractivity contribution is 7.17. The van der Waals surface area contributed by atoms with Crippen LogP contribution in [0.25, 0.3) is 0 Å². The van der Waals surface area contributed by atoms with E-state index in [1.54, 1.807) is 12.1 Å². The highest BCUT2D eigenvalue weighted by Gasteiger charge is 2.33. The van der Waals surface area contributed by atoms with Gasteiger partial charge in [0.15, 0.2) is 0 Å². The number of carbonyl (C=O) groups excluding carboxylic acids is 1. The number of anilines is 1. The van der Waals surface area contributed by atoms with Crippen molar-refractivity contribution in [2.24, 2.45) is 0 Å². The number of carbonyl (C=O) groups is 3. The summed E-state index contributed by atoms with van der Waals surface area (Å²) < 4.78 is 0.500. The third-order valence-corrected chi connectivity index (χ3v) is 5.17. The molecule has 1 atom stereocenters. The summed E-state index contributed by atoms with van der Waals surface area (Å²) in [6.45, 7) is 0.341. The maximum Gasteiger partial charge on any atom is 0.411 e. The highest BCUT2D eigenvalue weighted by atomic mass is 35.5. The molecule has 1 aliphatic rings. The van der Waals surface area contributed by atoms with Crippen LogP contribution in [0.2, 0.25) is 4.34 Å². The number of rotatable bonds is 4. The quantitative estimate of drug-likeness (QED) is 0.755. The van der Waals surface area contributed by atoms with E-state index in [1.807, 2.05) is 0 Å². The van der Waals surface area contributed by atoms with E-state index in [-0.39, 0.29) is 30.5 Å². The monoisotopic (exact) mass is 380 g/mol. The fourth-order valence-corrected chi connectivity index (χ4v) is 3.73. The molecule has 0 radical (unpaired) electrons. The summed E-state index contributed by atoms with van der Waals surface area (Å²) in [4.78, 5) is 36.3. The van der Waals surface area contributed by atoms with Gasteiger partial charge < -0.3 is 15.5 Å². The molecular formula is C16H13ClN2O5S. The molecule has 1 aromatic heterocycles. The van der Waals surface area contributed by atoms with Gasteiger partial charge in [-0.2, -0.15) is 0 Å². The Balaban J connectivity index is 1.80. The SMILES string of the molecule is O=C(O)c1ccc2c(c1)C(CNC(=O)c1ccc(Cl)s1)CN2C(=O)O. The second-order valence-electron chi connectivity index (χ2n) is 5.48. The zero-order valence-electron chi connectivity index (χ0n) is 12.7. The number of benzene rings is 1. The summed E-state index contributed by atoms with van der Waals surface area (Å²) >= 11 is 6.96. The van der Waals surface area contributed by atoms with E-state index in [2.05, 4.69) is 5.32 Å². The molecule has 0 aliphatic carbocycles. The van der Waals surface area contributed by atoms with Gasteiger partial charge in [-0.3, -0.25) is 9.69 Å². The summed E-state index contributed by atoms with van der Waals surface area (Å²) in [5, 5.41) is 21.2. The largest absolute Gasteiger partial charge is 0.478 e. The van der Waals surface area contributed by atoms with E-state index in [0.29, 0.717) is 20.5 Å². The van der Waals surface area contributed by atoms with E-state index in [9.17, 15) is 19.5 Å². The van der Waals surface area contributed by atoms with Crippen molar-refractivity contribution in [1.82, 2.24) is 5.32 Å². The van der Waals surface area contributed by atoms with Crippen molar-refractivity contribution in [1.29, 1.82) is 0 Å². The molecule has 0 bridgehead atoms. The van der Waals surface area contributed by atoms with Crippen molar-refractivity contribution >= 4 is 46.6 Å². The molecule has 130 valence electrons. The number of carboxylic acid groups (broad SMARTS) is 2. The number of hydrogen-bond donors (Lipinski definition) is 3. The molecule has 25 heavy (non-hydrogen) atoms. The van der Waals surface area contributed by atoms with E-state index < -0.39 is 12.1 Å². The Hall–Kier alpha value is -2.58. The van der Waals surface area contributed by atoms with Gasteiger partial charge in [-0.1, -0.05) is 11.6 Å². The van der Waals surface area contributed by atoms with E-state index >= 15 is 0 Å². The number of halogens is 1. The lowest BCUT2D eigenvalue weighted by Gasteiger charge is -2.13. The molecule has 7 nitrogen and oxygen atoms in total. The van der Waals surface area contributed by atoms with Gasteiger partial charge in [0.1, 0.15) is 0 Å². The number of nitrogens with zero attached hydrogens (tertiary/aromatic N) is 1. The third kappa shape index (κ3) is 3.45. The van der Waals surface area contributed by atoms with Crippen LogP contribution in [0.3, 0.4) is 0 Å². The number of carboxylic acids is 1. The minimum absolute atomic E-state index is 0.0763. The number of fused-ring (bicyclic) bond motifs is 1. The first-order valence-electron chi connectivity index (χ1n) is 7.28. The fraction of sp³-hybridized carbons (Fsp3) is 0.188. The molecule has 2 amide bonds. The molecule has 0 spiro atoms. The molecule has 3 N–H and O–H groups in total. The lowest BCUT2D eigenvalue weighted by Crippen LogP contribution is -2.32. The average molecular weight is 381 g/mol. The first kappa shape index (κ1) is 17.2. The first-order valence-corrected chi connectivity index (χ1v) is 8.47. The van der Waals surface area contributed by atoms with Crippen LogP contribution in [-0.4, -0.2) is 41.3 Å². The number of amides is 2. The number of aromatic carboxylic acids is 1. The van der Waals surface area contributed by atoms with Gasteiger partial charge in [0.05, 0.1) is 20.5 Å².